The molecule has 2 amide bonds. The van der Waals surface area contributed by atoms with E-state index in [4.69, 9.17) is 17.3 Å². The lowest BCUT2D eigenvalue weighted by Crippen LogP contribution is -2.46. The molecule has 0 bridgehead atoms. The Morgan fingerprint density at radius 1 is 1.04 bits per heavy atom. The minimum Gasteiger partial charge on any atom is -0.368 e. The first-order valence-electron chi connectivity index (χ1n) is 7.01. The fraction of sp³-hybridized carbons (Fsp3) is 0.176. The summed E-state index contributed by atoms with van der Waals surface area (Å²) in [6.07, 6.45) is 0.326. The van der Waals surface area contributed by atoms with Gasteiger partial charge in [-0.05, 0) is 35.4 Å². The van der Waals surface area contributed by atoms with Gasteiger partial charge in [-0.3, -0.25) is 9.59 Å². The Labute approximate surface area is 138 Å². The molecule has 0 heterocycles. The van der Waals surface area contributed by atoms with Crippen LogP contribution < -0.4 is 11.1 Å². The number of hydrogen-bond acceptors (Lipinski definition) is 2. The Morgan fingerprint density at radius 3 is 2.17 bits per heavy atom. The standard InChI is InChI=1S/C17H16ClFN2O2/c18-13-5-1-11(2-6-13)9-15(17(20)23)21-16(22)10-12-3-7-14(19)8-4-12/h1-8,15H,9-10H2,(H2,20,23)(H,21,22)/t15-/m1/s1. The predicted molar refractivity (Wildman–Crippen MR) is 86.4 cm³/mol. The first-order chi connectivity index (χ1) is 10.9. The minimum atomic E-state index is -0.816. The number of rotatable bonds is 6. The smallest absolute Gasteiger partial charge is 0.240 e. The third-order valence-electron chi connectivity index (χ3n) is 3.31. The van der Waals surface area contributed by atoms with Gasteiger partial charge in [0.1, 0.15) is 11.9 Å². The highest BCUT2D eigenvalue weighted by molar-refractivity contribution is 6.30. The number of halogens is 2. The first-order valence-corrected chi connectivity index (χ1v) is 7.39. The largest absolute Gasteiger partial charge is 0.368 e. The van der Waals surface area contributed by atoms with Crippen molar-refractivity contribution in [3.8, 4) is 0 Å². The first kappa shape index (κ1) is 17.0. The molecule has 2 aromatic carbocycles. The molecule has 0 aliphatic heterocycles. The second-order valence-electron chi connectivity index (χ2n) is 5.16. The van der Waals surface area contributed by atoms with Gasteiger partial charge in [-0.25, -0.2) is 4.39 Å². The topological polar surface area (TPSA) is 72.2 Å². The SMILES string of the molecule is NC(=O)[C@@H](Cc1ccc(Cl)cc1)NC(=O)Cc1ccc(F)cc1. The number of nitrogens with one attached hydrogen (secondary N) is 1. The van der Waals surface area contributed by atoms with E-state index in [0.717, 1.165) is 5.56 Å². The molecule has 0 aromatic heterocycles. The number of nitrogens with two attached hydrogens (primary N) is 1. The zero-order valence-corrected chi connectivity index (χ0v) is 13.0. The van der Waals surface area contributed by atoms with Crippen LogP contribution in [0.1, 0.15) is 11.1 Å². The summed E-state index contributed by atoms with van der Waals surface area (Å²) in [6.45, 7) is 0. The van der Waals surface area contributed by atoms with E-state index in [9.17, 15) is 14.0 Å². The summed E-state index contributed by atoms with van der Waals surface area (Å²) in [5.41, 5.74) is 6.83. The Balaban J connectivity index is 1.98. The third-order valence-corrected chi connectivity index (χ3v) is 3.56. The molecular weight excluding hydrogens is 319 g/mol. The number of carbonyl (C=O) groups is 2. The monoisotopic (exact) mass is 334 g/mol. The van der Waals surface area contributed by atoms with Gasteiger partial charge in [0.15, 0.2) is 0 Å². The zero-order valence-electron chi connectivity index (χ0n) is 12.3. The van der Waals surface area contributed by atoms with Crippen molar-refractivity contribution in [2.75, 3.05) is 0 Å². The van der Waals surface area contributed by atoms with Gasteiger partial charge in [-0.15, -0.1) is 0 Å². The van der Waals surface area contributed by atoms with Crippen molar-refractivity contribution < 1.29 is 14.0 Å². The molecule has 120 valence electrons. The number of carbonyl (C=O) groups excluding carboxylic acids is 2. The van der Waals surface area contributed by atoms with E-state index in [2.05, 4.69) is 5.32 Å². The Kier molecular flexibility index (Phi) is 5.71. The number of hydrogen-bond donors (Lipinski definition) is 2. The molecule has 0 saturated heterocycles. The highest BCUT2D eigenvalue weighted by Gasteiger charge is 2.18. The van der Waals surface area contributed by atoms with Crippen LogP contribution in [0.25, 0.3) is 0 Å². The summed E-state index contributed by atoms with van der Waals surface area (Å²) in [6, 6.07) is 11.7. The van der Waals surface area contributed by atoms with Gasteiger partial charge < -0.3 is 11.1 Å². The highest BCUT2D eigenvalue weighted by atomic mass is 35.5. The van der Waals surface area contributed by atoms with Crippen molar-refractivity contribution in [2.45, 2.75) is 18.9 Å². The molecule has 0 fully saturated rings. The van der Waals surface area contributed by atoms with E-state index in [0.29, 0.717) is 10.6 Å². The van der Waals surface area contributed by atoms with Gasteiger partial charge in [-0.1, -0.05) is 35.9 Å². The maximum Gasteiger partial charge on any atom is 0.240 e. The molecule has 6 heteroatoms. The van der Waals surface area contributed by atoms with Gasteiger partial charge in [0.05, 0.1) is 6.42 Å². The summed E-state index contributed by atoms with van der Waals surface area (Å²) in [4.78, 5) is 23.6. The van der Waals surface area contributed by atoms with Crippen LogP contribution in [0, 0.1) is 5.82 Å². The van der Waals surface area contributed by atoms with Crippen LogP contribution in [0.15, 0.2) is 48.5 Å². The normalized spacial score (nSPS) is 11.7. The van der Waals surface area contributed by atoms with Crippen LogP contribution in [-0.4, -0.2) is 17.9 Å². The molecule has 0 spiro atoms. The van der Waals surface area contributed by atoms with Crippen LogP contribution in [-0.2, 0) is 22.4 Å². The lowest BCUT2D eigenvalue weighted by atomic mass is 10.0. The van der Waals surface area contributed by atoms with Crippen LogP contribution in [0.3, 0.4) is 0 Å². The second kappa shape index (κ2) is 7.74. The molecule has 0 aliphatic carbocycles. The van der Waals surface area contributed by atoms with Gasteiger partial charge in [0.25, 0.3) is 0 Å². The van der Waals surface area contributed by atoms with Crippen LogP contribution >= 0.6 is 11.6 Å². The zero-order chi connectivity index (χ0) is 16.8. The molecule has 0 unspecified atom stereocenters. The molecule has 2 aromatic rings. The lowest BCUT2D eigenvalue weighted by molar-refractivity contribution is -0.127. The van der Waals surface area contributed by atoms with Crippen molar-refractivity contribution in [1.29, 1.82) is 0 Å². The van der Waals surface area contributed by atoms with Gasteiger partial charge in [-0.2, -0.15) is 0 Å². The highest BCUT2D eigenvalue weighted by Crippen LogP contribution is 2.11. The fourth-order valence-electron chi connectivity index (χ4n) is 2.11. The van der Waals surface area contributed by atoms with E-state index in [-0.39, 0.29) is 24.6 Å². The summed E-state index contributed by atoms with van der Waals surface area (Å²) in [7, 11) is 0. The summed E-state index contributed by atoms with van der Waals surface area (Å²) in [5, 5.41) is 3.19. The average molecular weight is 335 g/mol. The Morgan fingerprint density at radius 2 is 1.61 bits per heavy atom. The molecule has 3 N–H and O–H groups in total. The van der Waals surface area contributed by atoms with Crippen molar-refractivity contribution >= 4 is 23.4 Å². The third kappa shape index (κ3) is 5.38. The Bertz CT molecular complexity index is 687. The summed E-state index contributed by atoms with van der Waals surface area (Å²) in [5.74, 6) is -1.34. The molecule has 2 rings (SSSR count). The van der Waals surface area contributed by atoms with Gasteiger partial charge in [0.2, 0.25) is 11.8 Å². The van der Waals surface area contributed by atoms with Crippen molar-refractivity contribution in [3.63, 3.8) is 0 Å². The van der Waals surface area contributed by atoms with Crippen molar-refractivity contribution in [2.24, 2.45) is 5.73 Å². The second-order valence-corrected chi connectivity index (χ2v) is 5.59. The minimum absolute atomic E-state index is 0.0463. The van der Waals surface area contributed by atoms with E-state index in [1.54, 1.807) is 24.3 Å². The average Bonchev–Trinajstić information content (AvgIpc) is 2.51. The van der Waals surface area contributed by atoms with Crippen LogP contribution in [0.5, 0.6) is 0 Å². The molecule has 4 nitrogen and oxygen atoms in total. The van der Waals surface area contributed by atoms with E-state index < -0.39 is 11.9 Å². The number of benzene rings is 2. The maximum absolute atomic E-state index is 12.8. The molecule has 0 saturated carbocycles. The van der Waals surface area contributed by atoms with Gasteiger partial charge in [0, 0.05) is 11.4 Å². The van der Waals surface area contributed by atoms with Crippen LogP contribution in [0.2, 0.25) is 5.02 Å². The quantitative estimate of drug-likeness (QED) is 0.850. The van der Waals surface area contributed by atoms with E-state index in [1.165, 1.54) is 24.3 Å². The molecular formula is C17H16ClFN2O2. The van der Waals surface area contributed by atoms with Gasteiger partial charge >= 0.3 is 0 Å². The molecule has 23 heavy (non-hydrogen) atoms. The molecule has 0 aliphatic rings. The van der Waals surface area contributed by atoms with Crippen molar-refractivity contribution in [1.82, 2.24) is 5.32 Å². The molecule has 0 radical (unpaired) electrons. The number of amides is 2. The Hall–Kier alpha value is -2.40. The fourth-order valence-corrected chi connectivity index (χ4v) is 2.24. The molecule has 1 atom stereocenters. The number of primary amides is 1. The maximum atomic E-state index is 12.8. The summed E-state index contributed by atoms with van der Waals surface area (Å²) < 4.78 is 12.8. The lowest BCUT2D eigenvalue weighted by Gasteiger charge is -2.15. The predicted octanol–water partition coefficient (Wildman–Crippen LogP) is 2.23. The van der Waals surface area contributed by atoms with E-state index in [1.807, 2.05) is 0 Å². The van der Waals surface area contributed by atoms with Crippen LogP contribution in [0.4, 0.5) is 4.39 Å². The van der Waals surface area contributed by atoms with Crippen molar-refractivity contribution in [3.05, 3.63) is 70.5 Å². The van der Waals surface area contributed by atoms with E-state index >= 15 is 0 Å². The summed E-state index contributed by atoms with van der Waals surface area (Å²) >= 11 is 5.81.